The molecular formula is C14H20N4O3. The van der Waals surface area contributed by atoms with Crippen LogP contribution in [0.2, 0.25) is 0 Å². The summed E-state index contributed by atoms with van der Waals surface area (Å²) in [6.07, 6.45) is 2.07. The number of likely N-dealkylation sites (N-methyl/N-ethyl adjacent to an activating group) is 1. The Morgan fingerprint density at radius 3 is 3.05 bits per heavy atom. The Morgan fingerprint density at radius 1 is 1.48 bits per heavy atom. The molecule has 0 aromatic carbocycles. The maximum Gasteiger partial charge on any atom is 0.293 e. The minimum atomic E-state index is -0.286. The van der Waals surface area contributed by atoms with Gasteiger partial charge in [-0.05, 0) is 32.6 Å². The molecule has 0 aliphatic carbocycles. The SMILES string of the molecule is CN(C)CC1CC(O)CN1Cc1noc(-c2ccco2)n1. The average Bonchev–Trinajstić information content (AvgIpc) is 3.11. The molecule has 1 saturated heterocycles. The highest BCUT2D eigenvalue weighted by molar-refractivity contribution is 5.42. The number of furan rings is 1. The van der Waals surface area contributed by atoms with Crippen LogP contribution in [0.1, 0.15) is 12.2 Å². The van der Waals surface area contributed by atoms with Crippen molar-refractivity contribution in [3.63, 3.8) is 0 Å². The second-order valence-corrected chi connectivity index (χ2v) is 5.73. The summed E-state index contributed by atoms with van der Waals surface area (Å²) in [5, 5.41) is 13.9. The maximum atomic E-state index is 9.88. The highest BCUT2D eigenvalue weighted by atomic mass is 16.5. The summed E-state index contributed by atoms with van der Waals surface area (Å²) in [7, 11) is 4.07. The van der Waals surface area contributed by atoms with Gasteiger partial charge in [0.25, 0.3) is 5.89 Å². The third-order valence-electron chi connectivity index (χ3n) is 3.63. The molecule has 2 aromatic heterocycles. The second-order valence-electron chi connectivity index (χ2n) is 5.73. The van der Waals surface area contributed by atoms with Gasteiger partial charge in [-0.3, -0.25) is 4.90 Å². The number of nitrogens with zero attached hydrogens (tertiary/aromatic N) is 4. The molecule has 21 heavy (non-hydrogen) atoms. The molecule has 0 spiro atoms. The number of rotatable bonds is 5. The van der Waals surface area contributed by atoms with E-state index in [4.69, 9.17) is 8.94 Å². The van der Waals surface area contributed by atoms with Crippen molar-refractivity contribution in [2.45, 2.75) is 25.1 Å². The summed E-state index contributed by atoms with van der Waals surface area (Å²) in [5.41, 5.74) is 0. The predicted molar refractivity (Wildman–Crippen MR) is 75.4 cm³/mol. The quantitative estimate of drug-likeness (QED) is 0.874. The van der Waals surface area contributed by atoms with Gasteiger partial charge in [0, 0.05) is 19.1 Å². The summed E-state index contributed by atoms with van der Waals surface area (Å²) in [5.74, 6) is 1.57. The molecule has 7 heteroatoms. The van der Waals surface area contributed by atoms with E-state index in [2.05, 4.69) is 19.9 Å². The first-order valence-corrected chi connectivity index (χ1v) is 7.05. The molecule has 0 amide bonds. The van der Waals surface area contributed by atoms with Gasteiger partial charge in [-0.25, -0.2) is 0 Å². The minimum Gasteiger partial charge on any atom is -0.459 e. The van der Waals surface area contributed by atoms with Gasteiger partial charge in [0.2, 0.25) is 0 Å². The zero-order valence-electron chi connectivity index (χ0n) is 12.3. The van der Waals surface area contributed by atoms with Crippen LogP contribution in [-0.2, 0) is 6.54 Å². The second kappa shape index (κ2) is 5.97. The van der Waals surface area contributed by atoms with Gasteiger partial charge in [0.15, 0.2) is 11.6 Å². The summed E-state index contributed by atoms with van der Waals surface area (Å²) >= 11 is 0. The molecule has 2 unspecified atom stereocenters. The fourth-order valence-corrected chi connectivity index (χ4v) is 2.76. The van der Waals surface area contributed by atoms with E-state index in [0.29, 0.717) is 36.6 Å². The van der Waals surface area contributed by atoms with Crippen molar-refractivity contribution in [2.24, 2.45) is 0 Å². The van der Waals surface area contributed by atoms with E-state index in [1.807, 2.05) is 14.1 Å². The van der Waals surface area contributed by atoms with Gasteiger partial charge < -0.3 is 18.9 Å². The van der Waals surface area contributed by atoms with E-state index in [1.54, 1.807) is 18.4 Å². The smallest absolute Gasteiger partial charge is 0.293 e. The molecule has 1 aliphatic heterocycles. The van der Waals surface area contributed by atoms with E-state index in [9.17, 15) is 5.11 Å². The third-order valence-corrected chi connectivity index (χ3v) is 3.63. The summed E-state index contributed by atoms with van der Waals surface area (Å²) < 4.78 is 10.4. The van der Waals surface area contributed by atoms with Gasteiger partial charge in [-0.2, -0.15) is 4.98 Å². The number of hydrogen-bond acceptors (Lipinski definition) is 7. The van der Waals surface area contributed by atoms with Gasteiger partial charge in [-0.1, -0.05) is 5.16 Å². The van der Waals surface area contributed by atoms with Crippen LogP contribution in [0.4, 0.5) is 0 Å². The van der Waals surface area contributed by atoms with Crippen molar-refractivity contribution < 1.29 is 14.0 Å². The van der Waals surface area contributed by atoms with Crippen molar-refractivity contribution in [3.05, 3.63) is 24.2 Å². The number of likely N-dealkylation sites (tertiary alicyclic amines) is 1. The Bertz CT molecular complexity index is 567. The monoisotopic (exact) mass is 292 g/mol. The summed E-state index contributed by atoms with van der Waals surface area (Å²) in [6, 6.07) is 3.87. The molecule has 0 saturated carbocycles. The molecule has 0 radical (unpaired) electrons. The molecule has 1 aliphatic rings. The van der Waals surface area contributed by atoms with Crippen LogP contribution in [0, 0.1) is 0 Å². The number of aromatic nitrogens is 2. The first kappa shape index (κ1) is 14.2. The highest BCUT2D eigenvalue weighted by Gasteiger charge is 2.32. The average molecular weight is 292 g/mol. The Hall–Kier alpha value is -1.70. The molecule has 7 nitrogen and oxygen atoms in total. The van der Waals surface area contributed by atoms with Crippen molar-refractivity contribution in [3.8, 4) is 11.7 Å². The Kier molecular flexibility index (Phi) is 4.05. The lowest BCUT2D eigenvalue weighted by molar-refractivity contribution is 0.166. The Labute approximate surface area is 123 Å². The van der Waals surface area contributed by atoms with E-state index in [1.165, 1.54) is 0 Å². The standard InChI is InChI=1S/C14H20N4O3/c1-17(2)7-10-6-11(19)8-18(10)9-13-15-14(21-16-13)12-4-3-5-20-12/h3-5,10-11,19H,6-9H2,1-2H3. The lowest BCUT2D eigenvalue weighted by Crippen LogP contribution is -2.37. The number of aliphatic hydroxyl groups is 1. The Balaban J connectivity index is 1.68. The number of aliphatic hydroxyl groups excluding tert-OH is 1. The number of β-amino-alcohol motifs (C(OH)–C–C–N with tert-alkyl or cyclic N) is 1. The molecule has 2 atom stereocenters. The first-order chi connectivity index (χ1) is 10.1. The first-order valence-electron chi connectivity index (χ1n) is 7.05. The van der Waals surface area contributed by atoms with Crippen LogP contribution in [0.3, 0.4) is 0 Å². The van der Waals surface area contributed by atoms with Crippen molar-refractivity contribution in [1.29, 1.82) is 0 Å². The maximum absolute atomic E-state index is 9.88. The largest absolute Gasteiger partial charge is 0.459 e. The third kappa shape index (κ3) is 3.31. The van der Waals surface area contributed by atoms with Crippen LogP contribution in [0.15, 0.2) is 27.3 Å². The zero-order chi connectivity index (χ0) is 14.8. The van der Waals surface area contributed by atoms with Crippen LogP contribution in [0.5, 0.6) is 0 Å². The van der Waals surface area contributed by atoms with Gasteiger partial charge >= 0.3 is 0 Å². The van der Waals surface area contributed by atoms with E-state index in [-0.39, 0.29) is 6.10 Å². The molecule has 3 heterocycles. The molecular weight excluding hydrogens is 272 g/mol. The minimum absolute atomic E-state index is 0.286. The number of hydrogen-bond donors (Lipinski definition) is 1. The summed E-state index contributed by atoms with van der Waals surface area (Å²) in [4.78, 5) is 8.67. The zero-order valence-corrected chi connectivity index (χ0v) is 12.3. The predicted octanol–water partition coefficient (Wildman–Crippen LogP) is 0.826. The molecule has 2 aromatic rings. The lowest BCUT2D eigenvalue weighted by atomic mass is 10.2. The molecule has 114 valence electrons. The van der Waals surface area contributed by atoms with Crippen LogP contribution < -0.4 is 0 Å². The fraction of sp³-hybridized carbons (Fsp3) is 0.571. The highest BCUT2D eigenvalue weighted by Crippen LogP contribution is 2.22. The van der Waals surface area contributed by atoms with Crippen molar-refractivity contribution in [2.75, 3.05) is 27.2 Å². The molecule has 0 bridgehead atoms. The summed E-state index contributed by atoms with van der Waals surface area (Å²) in [6.45, 7) is 2.11. The lowest BCUT2D eigenvalue weighted by Gasteiger charge is -2.25. The molecule has 3 rings (SSSR count). The Morgan fingerprint density at radius 2 is 2.33 bits per heavy atom. The van der Waals surface area contributed by atoms with Crippen LogP contribution in [0.25, 0.3) is 11.7 Å². The molecule has 1 fully saturated rings. The molecule has 1 N–H and O–H groups in total. The van der Waals surface area contributed by atoms with Crippen LogP contribution >= 0.6 is 0 Å². The van der Waals surface area contributed by atoms with E-state index >= 15 is 0 Å². The van der Waals surface area contributed by atoms with Crippen LogP contribution in [-0.4, -0.2) is 64.4 Å². The van der Waals surface area contributed by atoms with Gasteiger partial charge in [0.05, 0.1) is 18.9 Å². The van der Waals surface area contributed by atoms with E-state index < -0.39 is 0 Å². The topological polar surface area (TPSA) is 78.8 Å². The normalized spacial score (nSPS) is 23.2. The fourth-order valence-electron chi connectivity index (χ4n) is 2.76. The van der Waals surface area contributed by atoms with Gasteiger partial charge in [-0.15, -0.1) is 0 Å². The van der Waals surface area contributed by atoms with Gasteiger partial charge in [0.1, 0.15) is 0 Å². The van der Waals surface area contributed by atoms with Crippen molar-refractivity contribution >= 4 is 0 Å². The van der Waals surface area contributed by atoms with E-state index in [0.717, 1.165) is 13.0 Å². The van der Waals surface area contributed by atoms with Crippen molar-refractivity contribution in [1.82, 2.24) is 19.9 Å².